The molecule has 2 aliphatic carbocycles. The number of benzene rings is 1. The van der Waals surface area contributed by atoms with Crippen molar-refractivity contribution in [3.8, 4) is 17.2 Å². The van der Waals surface area contributed by atoms with E-state index in [9.17, 15) is 19.6 Å². The second kappa shape index (κ2) is 9.72. The Kier molecular flexibility index (Phi) is 6.40. The SMILES string of the molecule is CC(C)(C)OC(=O)N1C[C@@H]2[C@H](C1)C2(C#N)c1ccc(-c2ccc(N3C[C@H](CNC(=O)C4CC4)OC3=O)cc2F)cn1. The molecule has 4 fully saturated rings. The van der Waals surface area contributed by atoms with Gasteiger partial charge in [-0.3, -0.25) is 14.7 Å². The number of hydrogen-bond acceptors (Lipinski definition) is 7. The Labute approximate surface area is 237 Å². The van der Waals surface area contributed by atoms with Crippen LogP contribution < -0.4 is 10.2 Å². The van der Waals surface area contributed by atoms with E-state index in [2.05, 4.69) is 16.4 Å². The Morgan fingerprint density at radius 2 is 1.93 bits per heavy atom. The maximum atomic E-state index is 15.2. The number of nitrogens with zero attached hydrogens (tertiary/aromatic N) is 4. The number of cyclic esters (lactones) is 1. The topological polar surface area (TPSA) is 125 Å². The summed E-state index contributed by atoms with van der Waals surface area (Å²) in [7, 11) is 0. The molecule has 1 N–H and O–H groups in total. The highest BCUT2D eigenvalue weighted by Crippen LogP contribution is 2.62. The molecule has 2 saturated carbocycles. The van der Waals surface area contributed by atoms with Crippen LogP contribution in [0.15, 0.2) is 36.5 Å². The van der Waals surface area contributed by atoms with Gasteiger partial charge in [0.2, 0.25) is 5.91 Å². The molecule has 6 rings (SSSR count). The molecular weight excluding hydrogens is 529 g/mol. The third-order valence-electron chi connectivity index (χ3n) is 8.31. The van der Waals surface area contributed by atoms with Crippen molar-refractivity contribution in [1.82, 2.24) is 15.2 Å². The van der Waals surface area contributed by atoms with Gasteiger partial charge in [-0.25, -0.2) is 14.0 Å². The molecule has 10 nitrogen and oxygen atoms in total. The van der Waals surface area contributed by atoms with Gasteiger partial charge in [0.15, 0.2) is 0 Å². The predicted molar refractivity (Wildman–Crippen MR) is 145 cm³/mol. The second-order valence-electron chi connectivity index (χ2n) is 12.3. The van der Waals surface area contributed by atoms with Crippen LogP contribution in [0.5, 0.6) is 0 Å². The Balaban J connectivity index is 1.10. The van der Waals surface area contributed by atoms with Crippen LogP contribution in [0, 0.1) is 34.9 Å². The molecule has 41 heavy (non-hydrogen) atoms. The van der Waals surface area contributed by atoms with Gasteiger partial charge in [0.05, 0.1) is 30.5 Å². The molecule has 4 atom stereocenters. The van der Waals surface area contributed by atoms with Gasteiger partial charge >= 0.3 is 12.2 Å². The molecular formula is C30H32FN5O5. The van der Waals surface area contributed by atoms with Crippen LogP contribution in [0.3, 0.4) is 0 Å². The zero-order valence-electron chi connectivity index (χ0n) is 23.2. The van der Waals surface area contributed by atoms with Crippen LogP contribution in [0.4, 0.5) is 19.7 Å². The van der Waals surface area contributed by atoms with E-state index in [0.717, 1.165) is 12.8 Å². The van der Waals surface area contributed by atoms with Crippen molar-refractivity contribution < 1.29 is 28.2 Å². The first-order valence-electron chi connectivity index (χ1n) is 13.9. The number of aromatic nitrogens is 1. The summed E-state index contributed by atoms with van der Waals surface area (Å²) in [6.45, 7) is 6.75. The number of pyridine rings is 1. The third-order valence-corrected chi connectivity index (χ3v) is 8.31. The van der Waals surface area contributed by atoms with E-state index in [1.807, 2.05) is 20.8 Å². The Morgan fingerprint density at radius 3 is 2.51 bits per heavy atom. The molecule has 214 valence electrons. The number of likely N-dealkylation sites (tertiary alicyclic amines) is 1. The first kappa shape index (κ1) is 27.0. The van der Waals surface area contributed by atoms with Gasteiger partial charge in [-0.2, -0.15) is 5.26 Å². The number of carbonyl (C=O) groups is 3. The number of rotatable bonds is 6. The zero-order valence-corrected chi connectivity index (χ0v) is 23.2. The molecule has 2 saturated heterocycles. The van der Waals surface area contributed by atoms with Gasteiger partial charge in [-0.1, -0.05) is 6.07 Å². The molecule has 0 spiro atoms. The molecule has 1 aromatic carbocycles. The molecule has 2 aromatic rings. The normalized spacial score (nSPS) is 26.7. The number of ether oxygens (including phenoxy) is 2. The minimum absolute atomic E-state index is 0.0251. The fourth-order valence-electron chi connectivity index (χ4n) is 5.96. The average molecular weight is 562 g/mol. The van der Waals surface area contributed by atoms with Crippen LogP contribution in [0.25, 0.3) is 11.1 Å². The summed E-state index contributed by atoms with van der Waals surface area (Å²) < 4.78 is 26.1. The van der Waals surface area contributed by atoms with Crippen molar-refractivity contribution in [3.05, 3.63) is 48.0 Å². The van der Waals surface area contributed by atoms with Crippen LogP contribution in [0.2, 0.25) is 0 Å². The predicted octanol–water partition coefficient (Wildman–Crippen LogP) is 4.00. The molecule has 3 amide bonds. The van der Waals surface area contributed by atoms with E-state index < -0.39 is 29.0 Å². The highest BCUT2D eigenvalue weighted by molar-refractivity contribution is 5.90. The number of nitrogens with one attached hydrogen (secondary N) is 1. The van der Waals surface area contributed by atoms with Gasteiger partial charge in [-0.05, 0) is 57.9 Å². The number of nitriles is 1. The maximum absolute atomic E-state index is 15.2. The summed E-state index contributed by atoms with van der Waals surface area (Å²) in [5.74, 6) is -0.539. The lowest BCUT2D eigenvalue weighted by molar-refractivity contribution is -0.122. The molecule has 11 heteroatoms. The number of amides is 3. The van der Waals surface area contributed by atoms with Gasteiger partial charge in [0.25, 0.3) is 0 Å². The van der Waals surface area contributed by atoms with E-state index in [4.69, 9.17) is 9.47 Å². The van der Waals surface area contributed by atoms with E-state index in [0.29, 0.717) is 35.6 Å². The van der Waals surface area contributed by atoms with Gasteiger partial charge in [0, 0.05) is 48.2 Å². The number of carbonyl (C=O) groups excluding carboxylic acids is 3. The zero-order chi connectivity index (χ0) is 29.1. The van der Waals surface area contributed by atoms with Crippen molar-refractivity contribution in [2.24, 2.45) is 17.8 Å². The molecule has 1 aromatic heterocycles. The van der Waals surface area contributed by atoms with Gasteiger partial charge < -0.3 is 19.7 Å². The van der Waals surface area contributed by atoms with E-state index in [-0.39, 0.29) is 42.8 Å². The standard InChI is InChI=1S/C30H32FN5O5/c1-29(2,3)41-27(38)35-14-22-23(15-35)30(22,16-32)25-9-6-18(11-33-25)21-8-7-19(10-24(21)31)36-13-20(40-28(36)39)12-34-26(37)17-4-5-17/h6-11,17,20,22-23H,4-5,12-15H2,1-3H3,(H,34,37)/t20-,22-,23+,30?/m0/s1. The van der Waals surface area contributed by atoms with E-state index >= 15 is 4.39 Å². The Hall–Kier alpha value is -4.20. The van der Waals surface area contributed by atoms with E-state index in [1.165, 1.54) is 11.0 Å². The summed E-state index contributed by atoms with van der Waals surface area (Å²) in [5.41, 5.74) is 0.461. The lowest BCUT2D eigenvalue weighted by Gasteiger charge is -2.27. The molecule has 0 bridgehead atoms. The van der Waals surface area contributed by atoms with Crippen LogP contribution >= 0.6 is 0 Å². The fraction of sp³-hybridized carbons (Fsp3) is 0.500. The molecule has 4 aliphatic rings. The van der Waals surface area contributed by atoms with Gasteiger partial charge in [0.1, 0.15) is 22.9 Å². The summed E-state index contributed by atoms with van der Waals surface area (Å²) in [5, 5.41) is 12.9. The monoisotopic (exact) mass is 561 g/mol. The fourth-order valence-corrected chi connectivity index (χ4v) is 5.96. The number of halogens is 1. The van der Waals surface area contributed by atoms with E-state index in [1.54, 1.807) is 35.4 Å². The van der Waals surface area contributed by atoms with Crippen molar-refractivity contribution in [2.75, 3.05) is 31.1 Å². The minimum atomic E-state index is -0.774. The minimum Gasteiger partial charge on any atom is -0.444 e. The van der Waals surface area contributed by atoms with Gasteiger partial charge in [-0.15, -0.1) is 0 Å². The van der Waals surface area contributed by atoms with Crippen LogP contribution in [-0.4, -0.2) is 65.9 Å². The van der Waals surface area contributed by atoms with Crippen molar-refractivity contribution in [2.45, 2.75) is 50.7 Å². The highest BCUT2D eigenvalue weighted by atomic mass is 19.1. The molecule has 3 heterocycles. The molecule has 1 unspecified atom stereocenters. The number of fused-ring (bicyclic) bond motifs is 1. The summed E-state index contributed by atoms with van der Waals surface area (Å²) in [6.07, 6.45) is 1.86. The van der Waals surface area contributed by atoms with Crippen LogP contribution in [-0.2, 0) is 19.7 Å². The molecule has 2 aliphatic heterocycles. The Bertz CT molecular complexity index is 1430. The molecule has 0 radical (unpaired) electrons. The lowest BCUT2D eigenvalue weighted by atomic mass is 9.95. The third kappa shape index (κ3) is 4.96. The maximum Gasteiger partial charge on any atom is 0.414 e. The average Bonchev–Trinajstić information content (AvgIpc) is 3.79. The second-order valence-corrected chi connectivity index (χ2v) is 12.3. The number of anilines is 1. The lowest BCUT2D eigenvalue weighted by Crippen LogP contribution is -2.39. The number of piperidine rings is 1. The summed E-state index contributed by atoms with van der Waals surface area (Å²) in [4.78, 5) is 44.3. The van der Waals surface area contributed by atoms with Crippen molar-refractivity contribution in [1.29, 1.82) is 5.26 Å². The van der Waals surface area contributed by atoms with Crippen molar-refractivity contribution in [3.63, 3.8) is 0 Å². The number of hydrogen-bond donors (Lipinski definition) is 1. The summed E-state index contributed by atoms with van der Waals surface area (Å²) in [6, 6.07) is 10.4. The smallest absolute Gasteiger partial charge is 0.414 e. The largest absolute Gasteiger partial charge is 0.444 e. The van der Waals surface area contributed by atoms with Crippen molar-refractivity contribution >= 4 is 23.8 Å². The summed E-state index contributed by atoms with van der Waals surface area (Å²) >= 11 is 0. The highest BCUT2D eigenvalue weighted by Gasteiger charge is 2.71. The Morgan fingerprint density at radius 1 is 1.20 bits per heavy atom. The quantitative estimate of drug-likeness (QED) is 0.565. The first-order valence-corrected chi connectivity index (χ1v) is 13.9. The first-order chi connectivity index (χ1) is 19.5. The van der Waals surface area contributed by atoms with Crippen LogP contribution in [0.1, 0.15) is 39.3 Å².